The summed E-state index contributed by atoms with van der Waals surface area (Å²) >= 11 is 0. The number of rotatable bonds is 0. The van der Waals surface area contributed by atoms with Gasteiger partial charge in [0.15, 0.2) is 5.60 Å². The molecule has 0 aromatic heterocycles. The van der Waals surface area contributed by atoms with Crippen LogP contribution in [-0.2, 0) is 4.74 Å². The van der Waals surface area contributed by atoms with Gasteiger partial charge in [-0.05, 0) is 40.5 Å². The molecule has 1 heterocycles. The van der Waals surface area contributed by atoms with E-state index in [1.807, 2.05) is 6.07 Å². The number of nitriles is 1. The maximum Gasteiger partial charge on any atom is 0.410 e. The monoisotopic (exact) mass is 240 g/mol. The molecule has 0 saturated carbocycles. The number of aliphatic hydroxyl groups is 1. The van der Waals surface area contributed by atoms with Gasteiger partial charge >= 0.3 is 6.09 Å². The number of hydrogen-bond donors (Lipinski definition) is 1. The van der Waals surface area contributed by atoms with Crippen molar-refractivity contribution in [1.29, 1.82) is 5.26 Å². The van der Waals surface area contributed by atoms with Crippen LogP contribution in [0, 0.1) is 11.3 Å². The van der Waals surface area contributed by atoms with E-state index in [-0.39, 0.29) is 0 Å². The number of amides is 1. The van der Waals surface area contributed by atoms with Crippen LogP contribution in [0.3, 0.4) is 0 Å². The molecule has 0 bridgehead atoms. The molecule has 1 aliphatic heterocycles. The van der Waals surface area contributed by atoms with Crippen LogP contribution in [-0.4, -0.2) is 39.9 Å². The van der Waals surface area contributed by atoms with E-state index >= 15 is 0 Å². The zero-order valence-corrected chi connectivity index (χ0v) is 10.9. The summed E-state index contributed by atoms with van der Waals surface area (Å²) in [5.74, 6) is 0. The lowest BCUT2D eigenvalue weighted by Gasteiger charge is -2.41. The third kappa shape index (κ3) is 3.10. The first-order valence-electron chi connectivity index (χ1n) is 5.83. The standard InChI is InChI=1S/C12H20N2O3/c1-9-12(16,8-13)6-5-7-14(9)10(15)17-11(2,3)4/h9,16H,5-7H2,1-4H3. The molecule has 96 valence electrons. The summed E-state index contributed by atoms with van der Waals surface area (Å²) in [7, 11) is 0. The van der Waals surface area contributed by atoms with Crippen molar-refractivity contribution in [2.45, 2.75) is 57.8 Å². The van der Waals surface area contributed by atoms with E-state index in [0.29, 0.717) is 19.4 Å². The Morgan fingerprint density at radius 2 is 2.18 bits per heavy atom. The van der Waals surface area contributed by atoms with Crippen molar-refractivity contribution in [3.63, 3.8) is 0 Å². The quantitative estimate of drug-likeness (QED) is 0.653. The summed E-state index contributed by atoms with van der Waals surface area (Å²) in [6, 6.07) is 1.34. The summed E-state index contributed by atoms with van der Waals surface area (Å²) < 4.78 is 5.25. The Labute approximate surface area is 102 Å². The molecule has 5 heteroatoms. The minimum atomic E-state index is -1.46. The highest BCUT2D eigenvalue weighted by atomic mass is 16.6. The van der Waals surface area contributed by atoms with Gasteiger partial charge in [0.05, 0.1) is 12.1 Å². The maximum absolute atomic E-state index is 11.9. The molecule has 0 spiro atoms. The fraction of sp³-hybridized carbons (Fsp3) is 0.833. The molecular formula is C12H20N2O3. The average Bonchev–Trinajstić information content (AvgIpc) is 2.19. The van der Waals surface area contributed by atoms with Gasteiger partial charge in [-0.15, -0.1) is 0 Å². The molecule has 0 aliphatic carbocycles. The molecule has 1 fully saturated rings. The Morgan fingerprint density at radius 3 is 2.65 bits per heavy atom. The normalized spacial score (nSPS) is 29.6. The second-order valence-corrected chi connectivity index (χ2v) is 5.49. The lowest BCUT2D eigenvalue weighted by atomic mass is 9.87. The van der Waals surface area contributed by atoms with E-state index in [0.717, 1.165) is 0 Å². The van der Waals surface area contributed by atoms with Gasteiger partial charge in [0.2, 0.25) is 0 Å². The minimum Gasteiger partial charge on any atom is -0.444 e. The van der Waals surface area contributed by atoms with Crippen LogP contribution in [0.1, 0.15) is 40.5 Å². The zero-order valence-electron chi connectivity index (χ0n) is 10.9. The van der Waals surface area contributed by atoms with Gasteiger partial charge in [0, 0.05) is 6.54 Å². The molecule has 1 amide bonds. The third-order valence-corrected chi connectivity index (χ3v) is 2.94. The highest BCUT2D eigenvalue weighted by Crippen LogP contribution is 2.28. The Kier molecular flexibility index (Phi) is 3.68. The van der Waals surface area contributed by atoms with Gasteiger partial charge in [-0.1, -0.05) is 0 Å². The number of likely N-dealkylation sites (tertiary alicyclic amines) is 1. The van der Waals surface area contributed by atoms with Crippen LogP contribution in [0.4, 0.5) is 4.79 Å². The smallest absolute Gasteiger partial charge is 0.410 e. The molecular weight excluding hydrogens is 220 g/mol. The van der Waals surface area contributed by atoms with Gasteiger partial charge < -0.3 is 14.7 Å². The van der Waals surface area contributed by atoms with Crippen molar-refractivity contribution < 1.29 is 14.6 Å². The SMILES string of the molecule is CC1N(C(=O)OC(C)(C)C)CCCC1(O)C#N. The largest absolute Gasteiger partial charge is 0.444 e. The zero-order chi connectivity index (χ0) is 13.3. The second-order valence-electron chi connectivity index (χ2n) is 5.49. The van der Waals surface area contributed by atoms with Crippen molar-refractivity contribution in [3.05, 3.63) is 0 Å². The third-order valence-electron chi connectivity index (χ3n) is 2.94. The van der Waals surface area contributed by atoms with Gasteiger partial charge in [0.25, 0.3) is 0 Å². The fourth-order valence-electron chi connectivity index (χ4n) is 1.90. The number of hydrogen-bond acceptors (Lipinski definition) is 4. The Morgan fingerprint density at radius 1 is 1.59 bits per heavy atom. The number of carbonyl (C=O) groups is 1. The van der Waals surface area contributed by atoms with Gasteiger partial charge in [0.1, 0.15) is 5.60 Å². The molecule has 0 aromatic carbocycles. The molecule has 5 nitrogen and oxygen atoms in total. The molecule has 1 N–H and O–H groups in total. The highest BCUT2D eigenvalue weighted by molar-refractivity contribution is 5.69. The van der Waals surface area contributed by atoms with Crippen LogP contribution in [0.25, 0.3) is 0 Å². The predicted octanol–water partition coefficient (Wildman–Crippen LogP) is 1.66. The molecule has 0 radical (unpaired) electrons. The topological polar surface area (TPSA) is 73.6 Å². The lowest BCUT2D eigenvalue weighted by Crippen LogP contribution is -2.57. The van der Waals surface area contributed by atoms with Gasteiger partial charge in [-0.3, -0.25) is 0 Å². The molecule has 17 heavy (non-hydrogen) atoms. The van der Waals surface area contributed by atoms with Crippen molar-refractivity contribution >= 4 is 6.09 Å². The van der Waals surface area contributed by atoms with Gasteiger partial charge in [-0.25, -0.2) is 4.79 Å². The number of carbonyl (C=O) groups excluding carboxylic acids is 1. The molecule has 0 aromatic rings. The Bertz CT molecular complexity index is 343. The second kappa shape index (κ2) is 4.53. The van der Waals surface area contributed by atoms with Crippen LogP contribution >= 0.6 is 0 Å². The summed E-state index contributed by atoms with van der Waals surface area (Å²) in [6.45, 7) is 7.55. The fourth-order valence-corrected chi connectivity index (χ4v) is 1.90. The summed E-state index contributed by atoms with van der Waals surface area (Å²) in [5, 5.41) is 19.0. The molecule has 1 saturated heterocycles. The molecule has 1 rings (SSSR count). The number of ether oxygens (including phenoxy) is 1. The number of piperidine rings is 1. The Balaban J connectivity index is 2.78. The summed E-state index contributed by atoms with van der Waals surface area (Å²) in [5.41, 5.74) is -2.03. The highest BCUT2D eigenvalue weighted by Gasteiger charge is 2.43. The van der Waals surface area contributed by atoms with Crippen molar-refractivity contribution in [2.24, 2.45) is 0 Å². The van der Waals surface area contributed by atoms with E-state index in [4.69, 9.17) is 10.00 Å². The molecule has 2 unspecified atom stereocenters. The van der Waals surface area contributed by atoms with Gasteiger partial charge in [-0.2, -0.15) is 5.26 Å². The van der Waals surface area contributed by atoms with E-state index in [9.17, 15) is 9.90 Å². The van der Waals surface area contributed by atoms with E-state index in [1.165, 1.54) is 4.90 Å². The van der Waals surface area contributed by atoms with Crippen LogP contribution in [0.5, 0.6) is 0 Å². The van der Waals surface area contributed by atoms with E-state index in [2.05, 4.69) is 0 Å². The average molecular weight is 240 g/mol. The van der Waals surface area contributed by atoms with Crippen molar-refractivity contribution in [2.75, 3.05) is 6.54 Å². The van der Waals surface area contributed by atoms with E-state index < -0.39 is 23.3 Å². The van der Waals surface area contributed by atoms with Crippen LogP contribution < -0.4 is 0 Å². The first-order chi connectivity index (χ1) is 7.69. The van der Waals surface area contributed by atoms with E-state index in [1.54, 1.807) is 27.7 Å². The van der Waals surface area contributed by atoms with Crippen LogP contribution in [0.2, 0.25) is 0 Å². The number of nitrogens with zero attached hydrogens (tertiary/aromatic N) is 2. The Hall–Kier alpha value is -1.28. The van der Waals surface area contributed by atoms with Crippen LogP contribution in [0.15, 0.2) is 0 Å². The first kappa shape index (κ1) is 13.8. The summed E-state index contributed by atoms with van der Waals surface area (Å²) in [4.78, 5) is 13.3. The van der Waals surface area contributed by atoms with Crippen molar-refractivity contribution in [1.82, 2.24) is 4.90 Å². The molecule has 2 atom stereocenters. The lowest BCUT2D eigenvalue weighted by molar-refractivity contribution is -0.0468. The maximum atomic E-state index is 11.9. The molecule has 1 aliphatic rings. The predicted molar refractivity (Wildman–Crippen MR) is 62.2 cm³/mol. The minimum absolute atomic E-state index is 0.393. The first-order valence-corrected chi connectivity index (χ1v) is 5.83. The summed E-state index contributed by atoms with van der Waals surface area (Å²) in [6.07, 6.45) is 0.524. The van der Waals surface area contributed by atoms with Crippen molar-refractivity contribution in [3.8, 4) is 6.07 Å².